The van der Waals surface area contributed by atoms with Crippen LogP contribution in [0.1, 0.15) is 23.4 Å². The molecular formula is C21H15FN2O. The van der Waals surface area contributed by atoms with E-state index >= 15 is 0 Å². The molecule has 2 heterocycles. The molecule has 0 amide bonds. The van der Waals surface area contributed by atoms with Gasteiger partial charge in [-0.1, -0.05) is 30.1 Å². The van der Waals surface area contributed by atoms with Crippen molar-refractivity contribution in [2.45, 2.75) is 19.4 Å². The Morgan fingerprint density at radius 1 is 1.08 bits per heavy atom. The van der Waals surface area contributed by atoms with Crippen LogP contribution in [0.5, 0.6) is 0 Å². The molecule has 0 spiro atoms. The zero-order valence-corrected chi connectivity index (χ0v) is 13.6. The van der Waals surface area contributed by atoms with Crippen LogP contribution < -0.4 is 5.56 Å². The molecule has 0 unspecified atom stereocenters. The molecule has 2 aromatic carbocycles. The van der Waals surface area contributed by atoms with Gasteiger partial charge in [-0.25, -0.2) is 9.37 Å². The van der Waals surface area contributed by atoms with Gasteiger partial charge in [0.2, 0.25) is 0 Å². The van der Waals surface area contributed by atoms with Crippen LogP contribution in [0.15, 0.2) is 59.4 Å². The van der Waals surface area contributed by atoms with Crippen LogP contribution >= 0.6 is 0 Å². The third-order valence-electron chi connectivity index (χ3n) is 4.29. The molecule has 0 bridgehead atoms. The highest BCUT2D eigenvalue weighted by Gasteiger charge is 2.16. The molecule has 0 atom stereocenters. The highest BCUT2D eigenvalue weighted by Crippen LogP contribution is 2.18. The normalized spacial score (nSPS) is 13.2. The second-order valence-electron chi connectivity index (χ2n) is 6.16. The van der Waals surface area contributed by atoms with Crippen LogP contribution in [0.3, 0.4) is 0 Å². The Balaban J connectivity index is 1.78. The van der Waals surface area contributed by atoms with Crippen LogP contribution in [0.2, 0.25) is 0 Å². The Labute approximate surface area is 144 Å². The summed E-state index contributed by atoms with van der Waals surface area (Å²) in [7, 11) is 0. The fraction of sp³-hybridized carbons (Fsp3) is 0.143. The molecule has 3 aromatic rings. The summed E-state index contributed by atoms with van der Waals surface area (Å²) in [4.78, 5) is 17.3. The molecule has 0 N–H and O–H groups in total. The van der Waals surface area contributed by atoms with Gasteiger partial charge in [-0.15, -0.1) is 0 Å². The fourth-order valence-corrected chi connectivity index (χ4v) is 3.00. The van der Waals surface area contributed by atoms with Gasteiger partial charge in [0.05, 0.1) is 10.9 Å². The largest absolute Gasteiger partial charge is 0.292 e. The van der Waals surface area contributed by atoms with Gasteiger partial charge in [0, 0.05) is 24.1 Å². The Bertz CT molecular complexity index is 1130. The van der Waals surface area contributed by atoms with E-state index in [1.807, 2.05) is 6.07 Å². The molecule has 1 aromatic heterocycles. The average Bonchev–Trinajstić information content (AvgIpc) is 2.61. The second kappa shape index (κ2) is 6.03. The van der Waals surface area contributed by atoms with E-state index in [1.54, 1.807) is 28.8 Å². The van der Waals surface area contributed by atoms with E-state index in [2.05, 4.69) is 23.4 Å². The molecular weight excluding hydrogens is 315 g/mol. The van der Waals surface area contributed by atoms with E-state index in [0.717, 1.165) is 29.8 Å². The van der Waals surface area contributed by atoms with Crippen LogP contribution in [0, 0.1) is 17.7 Å². The molecule has 0 saturated carbocycles. The van der Waals surface area contributed by atoms with Crippen LogP contribution in [-0.4, -0.2) is 9.55 Å². The van der Waals surface area contributed by atoms with E-state index in [-0.39, 0.29) is 11.4 Å². The maximum Gasteiger partial charge on any atom is 0.261 e. The molecule has 3 nitrogen and oxygen atoms in total. The zero-order valence-electron chi connectivity index (χ0n) is 13.6. The van der Waals surface area contributed by atoms with Gasteiger partial charge >= 0.3 is 0 Å². The van der Waals surface area contributed by atoms with Crippen molar-refractivity contribution < 1.29 is 4.39 Å². The van der Waals surface area contributed by atoms with Crippen molar-refractivity contribution >= 4 is 10.9 Å². The molecule has 1 aliphatic heterocycles. The SMILES string of the molecule is C=C1CCc2nc3cc(C#Cc4cccc(F)c4)ccc3c(=O)n2C1. The van der Waals surface area contributed by atoms with Gasteiger partial charge in [-0.2, -0.15) is 0 Å². The van der Waals surface area contributed by atoms with E-state index < -0.39 is 0 Å². The predicted molar refractivity (Wildman–Crippen MR) is 95.8 cm³/mol. The zero-order chi connectivity index (χ0) is 17.4. The Morgan fingerprint density at radius 2 is 1.88 bits per heavy atom. The maximum atomic E-state index is 13.2. The van der Waals surface area contributed by atoms with Gasteiger partial charge in [0.15, 0.2) is 0 Å². The van der Waals surface area contributed by atoms with Crippen LogP contribution in [0.4, 0.5) is 4.39 Å². The van der Waals surface area contributed by atoms with Crippen molar-refractivity contribution in [2.24, 2.45) is 0 Å². The molecule has 0 radical (unpaired) electrons. The lowest BCUT2D eigenvalue weighted by Crippen LogP contribution is -2.29. The first kappa shape index (κ1) is 15.3. The maximum absolute atomic E-state index is 13.2. The predicted octanol–water partition coefficient (Wildman–Crippen LogP) is 3.44. The van der Waals surface area contributed by atoms with Gasteiger partial charge in [-0.3, -0.25) is 9.36 Å². The van der Waals surface area contributed by atoms with Crippen molar-refractivity contribution in [1.29, 1.82) is 0 Å². The van der Waals surface area contributed by atoms with Crippen molar-refractivity contribution in [3.05, 3.63) is 87.7 Å². The number of nitrogens with zero attached hydrogens (tertiary/aromatic N) is 2. The summed E-state index contributed by atoms with van der Waals surface area (Å²) in [5.41, 5.74) is 3.01. The molecule has 0 fully saturated rings. The molecule has 25 heavy (non-hydrogen) atoms. The molecule has 0 saturated heterocycles. The lowest BCUT2D eigenvalue weighted by molar-refractivity contribution is 0.598. The van der Waals surface area contributed by atoms with Crippen LogP contribution in [-0.2, 0) is 13.0 Å². The molecule has 1 aliphatic rings. The Hall–Kier alpha value is -3.19. The first-order valence-electron chi connectivity index (χ1n) is 8.08. The summed E-state index contributed by atoms with van der Waals surface area (Å²) in [5, 5.41) is 0.578. The third kappa shape index (κ3) is 2.97. The van der Waals surface area contributed by atoms with E-state index in [4.69, 9.17) is 0 Å². The Morgan fingerprint density at radius 3 is 2.68 bits per heavy atom. The molecule has 4 heteroatoms. The highest BCUT2D eigenvalue weighted by atomic mass is 19.1. The van der Waals surface area contributed by atoms with Crippen molar-refractivity contribution in [3.63, 3.8) is 0 Å². The summed E-state index contributed by atoms with van der Waals surface area (Å²) < 4.78 is 14.9. The number of hydrogen-bond donors (Lipinski definition) is 0. The number of benzene rings is 2. The number of hydrogen-bond acceptors (Lipinski definition) is 2. The standard InChI is InChI=1S/C21H15FN2O/c1-14-5-10-20-23-19-12-16(7-6-15-3-2-4-17(22)11-15)8-9-18(19)21(25)24(20)13-14/h2-4,8-9,11-12H,1,5,10,13H2. The number of aromatic nitrogens is 2. The average molecular weight is 330 g/mol. The lowest BCUT2D eigenvalue weighted by atomic mass is 10.1. The number of allylic oxidation sites excluding steroid dienone is 1. The number of rotatable bonds is 0. The van der Waals surface area contributed by atoms with Gasteiger partial charge < -0.3 is 0 Å². The van der Waals surface area contributed by atoms with Gasteiger partial charge in [0.25, 0.3) is 5.56 Å². The highest BCUT2D eigenvalue weighted by molar-refractivity contribution is 5.79. The van der Waals surface area contributed by atoms with Crippen molar-refractivity contribution in [2.75, 3.05) is 0 Å². The van der Waals surface area contributed by atoms with E-state index in [1.165, 1.54) is 12.1 Å². The molecule has 0 aliphatic carbocycles. The van der Waals surface area contributed by atoms with Crippen molar-refractivity contribution in [3.8, 4) is 11.8 Å². The van der Waals surface area contributed by atoms with Gasteiger partial charge in [0.1, 0.15) is 11.6 Å². The summed E-state index contributed by atoms with van der Waals surface area (Å²) in [6, 6.07) is 11.5. The lowest BCUT2D eigenvalue weighted by Gasteiger charge is -2.19. The van der Waals surface area contributed by atoms with E-state index in [9.17, 15) is 9.18 Å². The summed E-state index contributed by atoms with van der Waals surface area (Å²) >= 11 is 0. The first-order chi connectivity index (χ1) is 12.1. The smallest absolute Gasteiger partial charge is 0.261 e. The monoisotopic (exact) mass is 330 g/mol. The quantitative estimate of drug-likeness (QED) is 0.467. The summed E-state index contributed by atoms with van der Waals surface area (Å²) in [6.07, 6.45) is 1.58. The van der Waals surface area contributed by atoms with Gasteiger partial charge in [-0.05, 0) is 42.8 Å². The minimum Gasteiger partial charge on any atom is -0.292 e. The fourth-order valence-electron chi connectivity index (χ4n) is 3.00. The topological polar surface area (TPSA) is 34.9 Å². The minimum atomic E-state index is -0.312. The first-order valence-corrected chi connectivity index (χ1v) is 8.08. The van der Waals surface area contributed by atoms with E-state index in [0.29, 0.717) is 23.0 Å². The second-order valence-corrected chi connectivity index (χ2v) is 6.16. The third-order valence-corrected chi connectivity index (χ3v) is 4.29. The molecule has 122 valence electrons. The minimum absolute atomic E-state index is 0.0366. The number of halogens is 1. The van der Waals surface area contributed by atoms with Crippen LogP contribution in [0.25, 0.3) is 10.9 Å². The Kier molecular flexibility index (Phi) is 3.70. The molecule has 4 rings (SSSR count). The summed E-state index contributed by atoms with van der Waals surface area (Å²) in [5.74, 6) is 6.42. The summed E-state index contributed by atoms with van der Waals surface area (Å²) in [6.45, 7) is 4.52. The number of aryl methyl sites for hydroxylation is 1. The van der Waals surface area contributed by atoms with Crippen molar-refractivity contribution in [1.82, 2.24) is 9.55 Å². The number of fused-ring (bicyclic) bond motifs is 2.